The lowest BCUT2D eigenvalue weighted by molar-refractivity contribution is -0.241. The highest BCUT2D eigenvalue weighted by molar-refractivity contribution is 5.76. The standard InChI is InChI=1S/C32H51NO5/c1-17-15-19(24(35)27(5,6)36)38-32-23(17)28(7)13-14-31-16-30(31)12-11-22(34)26(3,4)20(30)9-10-21(31)29(28,8)25(32)37-18(2)33-32/h17,19-25,34-36H,9-16H2,1-8H3/t17-,19?,20+,21?,22+,23?,24+,25?,28-,29-,30-,31+,32?/m1/s1. The number of aliphatic imine (C=N–C) groups is 1. The second-order valence-corrected chi connectivity index (χ2v) is 16.6. The summed E-state index contributed by atoms with van der Waals surface area (Å²) in [6.45, 7) is 17.3. The lowest BCUT2D eigenvalue weighted by atomic mass is 9.41. The molecular weight excluding hydrogens is 478 g/mol. The van der Waals surface area contributed by atoms with E-state index in [0.717, 1.165) is 25.7 Å². The fraction of sp³-hybridized carbons (Fsp3) is 0.969. The smallest absolute Gasteiger partial charge is 0.203 e. The number of ether oxygens (including phenoxy) is 2. The topological polar surface area (TPSA) is 91.5 Å². The van der Waals surface area contributed by atoms with Crippen LogP contribution in [0.2, 0.25) is 0 Å². The Morgan fingerprint density at radius 1 is 1.00 bits per heavy atom. The van der Waals surface area contributed by atoms with Gasteiger partial charge < -0.3 is 24.8 Å². The van der Waals surface area contributed by atoms with Gasteiger partial charge in [-0.2, -0.15) is 0 Å². The van der Waals surface area contributed by atoms with Crippen molar-refractivity contribution in [2.75, 3.05) is 0 Å². The van der Waals surface area contributed by atoms with E-state index in [1.54, 1.807) is 13.8 Å². The molecule has 6 nitrogen and oxygen atoms in total. The Labute approximate surface area is 229 Å². The van der Waals surface area contributed by atoms with E-state index in [0.29, 0.717) is 34.5 Å². The first-order valence-electron chi connectivity index (χ1n) is 15.5. The van der Waals surface area contributed by atoms with Crippen molar-refractivity contribution in [3.05, 3.63) is 0 Å². The van der Waals surface area contributed by atoms with E-state index < -0.39 is 23.5 Å². The van der Waals surface area contributed by atoms with Crippen molar-refractivity contribution in [3.63, 3.8) is 0 Å². The van der Waals surface area contributed by atoms with Gasteiger partial charge in [0, 0.05) is 18.3 Å². The van der Waals surface area contributed by atoms with Crippen LogP contribution in [-0.4, -0.2) is 57.0 Å². The quantitative estimate of drug-likeness (QED) is 0.464. The van der Waals surface area contributed by atoms with Gasteiger partial charge in [-0.25, -0.2) is 4.99 Å². The zero-order valence-corrected chi connectivity index (χ0v) is 24.9. The summed E-state index contributed by atoms with van der Waals surface area (Å²) in [4.78, 5) is 5.22. The number of aliphatic hydroxyl groups is 3. The summed E-state index contributed by atoms with van der Waals surface area (Å²) in [5.74, 6) is 2.33. The van der Waals surface area contributed by atoms with Crippen molar-refractivity contribution in [3.8, 4) is 0 Å². The number of hydrogen-bond acceptors (Lipinski definition) is 6. The molecule has 5 saturated carbocycles. The summed E-state index contributed by atoms with van der Waals surface area (Å²) in [7, 11) is 0. The second kappa shape index (κ2) is 7.20. The molecule has 3 N–H and O–H groups in total. The highest BCUT2D eigenvalue weighted by Gasteiger charge is 2.88. The van der Waals surface area contributed by atoms with Gasteiger partial charge in [0.2, 0.25) is 5.72 Å². The van der Waals surface area contributed by atoms with Crippen LogP contribution in [0.15, 0.2) is 4.99 Å². The van der Waals surface area contributed by atoms with Gasteiger partial charge in [0.05, 0.1) is 17.8 Å². The Bertz CT molecular complexity index is 1080. The molecule has 2 aliphatic heterocycles. The molecule has 38 heavy (non-hydrogen) atoms. The van der Waals surface area contributed by atoms with Crippen LogP contribution in [-0.2, 0) is 9.47 Å². The van der Waals surface area contributed by atoms with Gasteiger partial charge in [0.25, 0.3) is 0 Å². The minimum atomic E-state index is -1.25. The van der Waals surface area contributed by atoms with Crippen molar-refractivity contribution in [2.24, 2.45) is 55.7 Å². The molecule has 3 spiro atoms. The van der Waals surface area contributed by atoms with E-state index in [-0.39, 0.29) is 34.4 Å². The summed E-state index contributed by atoms with van der Waals surface area (Å²) in [6, 6.07) is 0. The summed E-state index contributed by atoms with van der Waals surface area (Å²) < 4.78 is 13.8. The number of aliphatic hydroxyl groups excluding tert-OH is 2. The van der Waals surface area contributed by atoms with Crippen molar-refractivity contribution in [2.45, 2.75) is 142 Å². The lowest BCUT2D eigenvalue weighted by Crippen LogP contribution is -2.60. The highest BCUT2D eigenvalue weighted by Crippen LogP contribution is 2.90. The molecule has 0 radical (unpaired) electrons. The Morgan fingerprint density at radius 3 is 2.34 bits per heavy atom. The maximum absolute atomic E-state index is 11.2. The van der Waals surface area contributed by atoms with Gasteiger partial charge >= 0.3 is 0 Å². The fourth-order valence-corrected chi connectivity index (χ4v) is 12.9. The van der Waals surface area contributed by atoms with Gasteiger partial charge in [-0.3, -0.25) is 0 Å². The van der Waals surface area contributed by atoms with Gasteiger partial charge in [-0.1, -0.05) is 34.6 Å². The molecule has 1 saturated heterocycles. The number of fused-ring (bicyclic) bond motifs is 4. The van der Waals surface area contributed by atoms with Crippen LogP contribution in [0.5, 0.6) is 0 Å². The Kier molecular flexibility index (Phi) is 4.97. The molecule has 0 aromatic rings. The van der Waals surface area contributed by atoms with Crippen molar-refractivity contribution in [1.29, 1.82) is 0 Å². The van der Waals surface area contributed by atoms with E-state index in [1.165, 1.54) is 25.7 Å². The van der Waals surface area contributed by atoms with Gasteiger partial charge in [0.15, 0.2) is 12.0 Å². The fourth-order valence-electron chi connectivity index (χ4n) is 12.9. The third kappa shape index (κ3) is 2.65. The molecule has 214 valence electrons. The molecule has 7 rings (SSSR count). The molecule has 6 fully saturated rings. The molecular formula is C32H51NO5. The molecule has 7 aliphatic rings. The average Bonchev–Trinajstić information content (AvgIpc) is 3.32. The predicted octanol–water partition coefficient (Wildman–Crippen LogP) is 5.08. The van der Waals surface area contributed by atoms with Crippen LogP contribution in [0.25, 0.3) is 0 Å². The van der Waals surface area contributed by atoms with E-state index >= 15 is 0 Å². The molecule has 5 aliphatic carbocycles. The molecule has 2 heterocycles. The van der Waals surface area contributed by atoms with Crippen molar-refractivity contribution >= 4 is 5.90 Å². The third-order valence-electron chi connectivity index (χ3n) is 14.5. The van der Waals surface area contributed by atoms with E-state index in [9.17, 15) is 15.3 Å². The monoisotopic (exact) mass is 529 g/mol. The number of rotatable bonds is 2. The summed E-state index contributed by atoms with van der Waals surface area (Å²) >= 11 is 0. The second-order valence-electron chi connectivity index (χ2n) is 16.6. The number of hydrogen-bond donors (Lipinski definition) is 3. The minimum absolute atomic E-state index is 0.0160. The molecule has 0 bridgehead atoms. The third-order valence-corrected chi connectivity index (χ3v) is 14.5. The Morgan fingerprint density at radius 2 is 1.66 bits per heavy atom. The number of nitrogens with zero attached hydrogens (tertiary/aromatic N) is 1. The van der Waals surface area contributed by atoms with Crippen LogP contribution in [0.3, 0.4) is 0 Å². The van der Waals surface area contributed by atoms with Crippen molar-refractivity contribution in [1.82, 2.24) is 0 Å². The zero-order chi connectivity index (χ0) is 27.5. The normalized spacial score (nSPS) is 58.7. The van der Waals surface area contributed by atoms with E-state index in [4.69, 9.17) is 14.5 Å². The molecule has 13 atom stereocenters. The zero-order valence-electron chi connectivity index (χ0n) is 24.9. The SMILES string of the molecule is CC1=NC23OC([C@H](O)C(C)(C)O)C[C@@H](C)C2[C@@]2(C)CC[C@@]45C[C@@]46CC[C@H](O)C(C)(C)[C@@H]6CCC5[C@]2(C)C3O1. The van der Waals surface area contributed by atoms with Crippen LogP contribution >= 0.6 is 0 Å². The summed E-state index contributed by atoms with van der Waals surface area (Å²) in [5, 5.41) is 32.9. The van der Waals surface area contributed by atoms with Gasteiger partial charge in [0.1, 0.15) is 6.10 Å². The van der Waals surface area contributed by atoms with E-state index in [1.807, 2.05) is 6.92 Å². The Balaban J connectivity index is 1.33. The van der Waals surface area contributed by atoms with Gasteiger partial charge in [-0.05, 0) is 105 Å². The maximum Gasteiger partial charge on any atom is 0.203 e. The molecule has 0 aromatic heterocycles. The van der Waals surface area contributed by atoms with Crippen molar-refractivity contribution < 1.29 is 24.8 Å². The van der Waals surface area contributed by atoms with Crippen LogP contribution in [0, 0.1) is 50.7 Å². The first-order valence-corrected chi connectivity index (χ1v) is 15.5. The van der Waals surface area contributed by atoms with E-state index in [2.05, 4.69) is 34.6 Å². The lowest BCUT2D eigenvalue weighted by Gasteiger charge is -2.63. The van der Waals surface area contributed by atoms with Crippen LogP contribution in [0.4, 0.5) is 0 Å². The van der Waals surface area contributed by atoms with Gasteiger partial charge in [-0.15, -0.1) is 0 Å². The summed E-state index contributed by atoms with van der Waals surface area (Å²) in [5.41, 5.74) is -1.50. The minimum Gasteiger partial charge on any atom is -0.472 e. The van der Waals surface area contributed by atoms with Crippen LogP contribution in [0.1, 0.15) is 107 Å². The molecule has 6 heteroatoms. The first kappa shape index (κ1) is 26.2. The predicted molar refractivity (Wildman–Crippen MR) is 145 cm³/mol. The first-order chi connectivity index (χ1) is 17.5. The maximum atomic E-state index is 11.2. The largest absolute Gasteiger partial charge is 0.472 e. The molecule has 5 unspecified atom stereocenters. The van der Waals surface area contributed by atoms with Crippen LogP contribution < -0.4 is 0 Å². The Hall–Kier alpha value is -0.690. The summed E-state index contributed by atoms with van der Waals surface area (Å²) in [6.07, 6.45) is 7.06. The highest BCUT2D eigenvalue weighted by atomic mass is 16.6. The molecule has 0 amide bonds. The molecule has 0 aromatic carbocycles. The average molecular weight is 530 g/mol.